The molecular weight excluding hydrogens is 284 g/mol. The summed E-state index contributed by atoms with van der Waals surface area (Å²) in [5, 5.41) is 4.14. The third kappa shape index (κ3) is 4.56. The Labute approximate surface area is 133 Å². The minimum absolute atomic E-state index is 0.430. The molecule has 1 aromatic heterocycles. The molecule has 118 valence electrons. The van der Waals surface area contributed by atoms with Crippen LogP contribution in [0.1, 0.15) is 32.4 Å². The molecule has 5 heteroatoms. The summed E-state index contributed by atoms with van der Waals surface area (Å²) in [6.45, 7) is 7.14. The second-order valence-electron chi connectivity index (χ2n) is 6.39. The Morgan fingerprint density at radius 3 is 2.86 bits per heavy atom. The van der Waals surface area contributed by atoms with Crippen LogP contribution in [0.15, 0.2) is 12.1 Å². The molecule has 1 fully saturated rings. The minimum atomic E-state index is 0.430. The van der Waals surface area contributed by atoms with Crippen molar-refractivity contribution in [2.45, 2.75) is 45.3 Å². The molecule has 4 nitrogen and oxygen atoms in total. The number of halogens is 1. The number of rotatable bonds is 6. The fraction of sp³-hybridized carbons (Fsp3) is 0.688. The van der Waals surface area contributed by atoms with Crippen LogP contribution in [0.2, 0.25) is 5.02 Å². The van der Waals surface area contributed by atoms with Crippen molar-refractivity contribution >= 4 is 17.4 Å². The maximum Gasteiger partial charge on any atom is 0.129 e. The average molecular weight is 311 g/mol. The number of nitrogens with zero attached hydrogens (tertiary/aromatic N) is 3. The van der Waals surface area contributed by atoms with Crippen molar-refractivity contribution in [2.75, 3.05) is 32.1 Å². The lowest BCUT2D eigenvalue weighted by atomic mass is 10.2. The molecule has 0 bridgehead atoms. The van der Waals surface area contributed by atoms with E-state index in [-0.39, 0.29) is 0 Å². The SMILES string of the molecule is CC(C)NCc1nc(N2CCCC2CN(C)C)ccc1Cl. The van der Waals surface area contributed by atoms with Gasteiger partial charge >= 0.3 is 0 Å². The van der Waals surface area contributed by atoms with E-state index in [1.54, 1.807) is 0 Å². The fourth-order valence-electron chi connectivity index (χ4n) is 2.81. The molecule has 0 radical (unpaired) electrons. The summed E-state index contributed by atoms with van der Waals surface area (Å²) in [7, 11) is 4.26. The molecule has 1 aliphatic rings. The summed E-state index contributed by atoms with van der Waals surface area (Å²) in [5.41, 5.74) is 0.943. The number of hydrogen-bond donors (Lipinski definition) is 1. The lowest BCUT2D eigenvalue weighted by Crippen LogP contribution is -2.38. The highest BCUT2D eigenvalue weighted by atomic mass is 35.5. The highest BCUT2D eigenvalue weighted by Gasteiger charge is 2.26. The van der Waals surface area contributed by atoms with E-state index in [4.69, 9.17) is 16.6 Å². The van der Waals surface area contributed by atoms with Crippen LogP contribution in [-0.4, -0.2) is 49.2 Å². The third-order valence-corrected chi connectivity index (χ3v) is 4.17. The van der Waals surface area contributed by atoms with Crippen LogP contribution in [0.5, 0.6) is 0 Å². The van der Waals surface area contributed by atoms with Gasteiger partial charge in [-0.2, -0.15) is 0 Å². The zero-order valence-electron chi connectivity index (χ0n) is 13.6. The smallest absolute Gasteiger partial charge is 0.129 e. The van der Waals surface area contributed by atoms with Crippen molar-refractivity contribution in [2.24, 2.45) is 0 Å². The summed E-state index contributed by atoms with van der Waals surface area (Å²) in [4.78, 5) is 9.47. The van der Waals surface area contributed by atoms with Crippen LogP contribution in [-0.2, 0) is 6.54 Å². The minimum Gasteiger partial charge on any atom is -0.352 e. The van der Waals surface area contributed by atoms with Crippen LogP contribution in [0.3, 0.4) is 0 Å². The van der Waals surface area contributed by atoms with Gasteiger partial charge in [0.05, 0.1) is 10.7 Å². The fourth-order valence-corrected chi connectivity index (χ4v) is 2.98. The Kier molecular flexibility index (Phi) is 5.85. The number of nitrogens with one attached hydrogen (secondary N) is 1. The molecule has 0 aromatic carbocycles. The van der Waals surface area contributed by atoms with Crippen molar-refractivity contribution < 1.29 is 0 Å². The predicted octanol–water partition coefficient (Wildman–Crippen LogP) is 2.76. The molecule has 21 heavy (non-hydrogen) atoms. The summed E-state index contributed by atoms with van der Waals surface area (Å²) in [6.07, 6.45) is 2.48. The van der Waals surface area contributed by atoms with Gasteiger partial charge in [-0.05, 0) is 39.1 Å². The molecule has 1 atom stereocenters. The van der Waals surface area contributed by atoms with Crippen molar-refractivity contribution in [3.8, 4) is 0 Å². The Morgan fingerprint density at radius 1 is 1.43 bits per heavy atom. The van der Waals surface area contributed by atoms with Crippen molar-refractivity contribution in [3.05, 3.63) is 22.8 Å². The Morgan fingerprint density at radius 2 is 2.19 bits per heavy atom. The summed E-state index contributed by atoms with van der Waals surface area (Å²) in [6, 6.07) is 5.01. The van der Waals surface area contributed by atoms with Gasteiger partial charge in [0.25, 0.3) is 0 Å². The van der Waals surface area contributed by atoms with E-state index >= 15 is 0 Å². The first-order valence-electron chi connectivity index (χ1n) is 7.77. The summed E-state index contributed by atoms with van der Waals surface area (Å²) < 4.78 is 0. The van der Waals surface area contributed by atoms with E-state index in [0.717, 1.165) is 36.2 Å². The van der Waals surface area contributed by atoms with Crippen LogP contribution < -0.4 is 10.2 Å². The molecular formula is C16H27ClN4. The third-order valence-electron chi connectivity index (χ3n) is 3.83. The van der Waals surface area contributed by atoms with E-state index in [0.29, 0.717) is 12.1 Å². The zero-order chi connectivity index (χ0) is 15.4. The quantitative estimate of drug-likeness (QED) is 0.875. The van der Waals surface area contributed by atoms with Gasteiger partial charge in [-0.3, -0.25) is 0 Å². The summed E-state index contributed by atoms with van der Waals surface area (Å²) in [5.74, 6) is 1.06. The first-order valence-corrected chi connectivity index (χ1v) is 8.15. The normalized spacial score (nSPS) is 19.0. The van der Waals surface area contributed by atoms with Gasteiger partial charge in [0.2, 0.25) is 0 Å². The van der Waals surface area contributed by atoms with Gasteiger partial charge in [0.1, 0.15) is 5.82 Å². The Balaban J connectivity index is 2.13. The Hall–Kier alpha value is -0.840. The number of anilines is 1. The number of hydrogen-bond acceptors (Lipinski definition) is 4. The number of pyridine rings is 1. The average Bonchev–Trinajstić information content (AvgIpc) is 2.85. The molecule has 0 amide bonds. The molecule has 0 aliphatic carbocycles. The highest BCUT2D eigenvalue weighted by molar-refractivity contribution is 6.31. The summed E-state index contributed by atoms with van der Waals surface area (Å²) >= 11 is 6.28. The first-order chi connectivity index (χ1) is 9.97. The van der Waals surface area contributed by atoms with Crippen LogP contribution in [0.4, 0.5) is 5.82 Å². The van der Waals surface area contributed by atoms with Crippen molar-refractivity contribution in [1.29, 1.82) is 0 Å². The molecule has 2 rings (SSSR count). The van der Waals surface area contributed by atoms with Crippen LogP contribution >= 0.6 is 11.6 Å². The topological polar surface area (TPSA) is 31.4 Å². The lowest BCUT2D eigenvalue weighted by Gasteiger charge is -2.28. The first kappa shape index (κ1) is 16.5. The molecule has 1 aromatic rings. The Bertz CT molecular complexity index is 462. The molecule has 1 N–H and O–H groups in total. The van der Waals surface area contributed by atoms with Crippen molar-refractivity contribution in [1.82, 2.24) is 15.2 Å². The van der Waals surface area contributed by atoms with Gasteiger partial charge in [-0.1, -0.05) is 25.4 Å². The predicted molar refractivity (Wildman–Crippen MR) is 90.1 cm³/mol. The van der Waals surface area contributed by atoms with Gasteiger partial charge in [-0.15, -0.1) is 0 Å². The second-order valence-corrected chi connectivity index (χ2v) is 6.79. The van der Waals surface area contributed by atoms with E-state index in [1.807, 2.05) is 6.07 Å². The molecule has 1 saturated heterocycles. The standard InChI is InChI=1S/C16H27ClN4/c1-12(2)18-10-15-14(17)7-8-16(19-15)21-9-5-6-13(21)11-20(3)4/h7-8,12-13,18H,5-6,9-11H2,1-4H3. The molecule has 1 aliphatic heterocycles. The monoisotopic (exact) mass is 310 g/mol. The van der Waals surface area contributed by atoms with E-state index in [2.05, 4.69) is 49.1 Å². The maximum absolute atomic E-state index is 6.28. The maximum atomic E-state index is 6.28. The van der Waals surface area contributed by atoms with E-state index in [9.17, 15) is 0 Å². The molecule has 2 heterocycles. The van der Waals surface area contributed by atoms with E-state index < -0.39 is 0 Å². The van der Waals surface area contributed by atoms with Gasteiger partial charge in [0.15, 0.2) is 0 Å². The molecule has 1 unspecified atom stereocenters. The van der Waals surface area contributed by atoms with Crippen LogP contribution in [0, 0.1) is 0 Å². The largest absolute Gasteiger partial charge is 0.352 e. The highest BCUT2D eigenvalue weighted by Crippen LogP contribution is 2.26. The van der Waals surface area contributed by atoms with E-state index in [1.165, 1.54) is 12.8 Å². The number of likely N-dealkylation sites (N-methyl/N-ethyl adjacent to an activating group) is 1. The second kappa shape index (κ2) is 7.43. The zero-order valence-corrected chi connectivity index (χ0v) is 14.3. The lowest BCUT2D eigenvalue weighted by molar-refractivity contribution is 0.371. The number of aromatic nitrogens is 1. The van der Waals surface area contributed by atoms with Gasteiger partial charge in [-0.25, -0.2) is 4.98 Å². The molecule has 0 spiro atoms. The van der Waals surface area contributed by atoms with Gasteiger partial charge < -0.3 is 15.1 Å². The van der Waals surface area contributed by atoms with Crippen molar-refractivity contribution in [3.63, 3.8) is 0 Å². The van der Waals surface area contributed by atoms with Crippen LogP contribution in [0.25, 0.3) is 0 Å². The van der Waals surface area contributed by atoms with Gasteiger partial charge in [0, 0.05) is 31.7 Å². The molecule has 0 saturated carbocycles.